The molecule has 2 saturated heterocycles. The van der Waals surface area contributed by atoms with Crippen LogP contribution in [0.1, 0.15) is 207 Å². The van der Waals surface area contributed by atoms with Crippen molar-refractivity contribution in [2.45, 2.75) is 298 Å². The molecule has 0 bridgehead atoms. The van der Waals surface area contributed by atoms with Gasteiger partial charge in [-0.3, -0.25) is 9.59 Å². The van der Waals surface area contributed by atoms with Crippen molar-refractivity contribution >= 4 is 17.8 Å². The molecule has 20 heteroatoms. The van der Waals surface area contributed by atoms with Crippen LogP contribution < -0.4 is 10.6 Å². The maximum atomic E-state index is 13.4. The summed E-state index contributed by atoms with van der Waals surface area (Å²) in [5.74, 6) is -6.08. The molecule has 0 saturated carbocycles. The van der Waals surface area contributed by atoms with E-state index in [-0.39, 0.29) is 12.8 Å². The standard InChI is InChI=1S/C54H102N2O18/c1-5-7-9-11-13-15-17-19-20-22-24-26-28-30-32-40(59)51(67)56-38(45(62)39(58)31-29-27-25-23-21-18-16-14-12-10-8-6-2)34-71-52-49(66)48(65)47(64)43(73-52)36-72-54(53(68)69)33-41(60)44(55-37(3)57)50(74-54)46(63)42(61)35-70-4/h38-50,52,58-66H,5-36H2,1-4H3,(H,55,57)(H,56,67)(H,68,69)/t38-,39+,40+,41-,42+,43+,44+,45-,46+,47+,48-,49+,50+,52+,54+/m0/s1. The molecule has 0 spiro atoms. The number of carboxylic acids is 1. The number of amides is 2. The van der Waals surface area contributed by atoms with Crippen LogP contribution in [0.2, 0.25) is 0 Å². The first-order chi connectivity index (χ1) is 35.4. The number of carbonyl (C=O) groups excluding carboxylic acids is 2. The summed E-state index contributed by atoms with van der Waals surface area (Å²) in [6, 6.07) is -2.79. The molecule has 2 rings (SSSR count). The molecular weight excluding hydrogens is 965 g/mol. The normalized spacial score (nSPS) is 26.7. The number of ether oxygens (including phenoxy) is 5. The van der Waals surface area contributed by atoms with E-state index in [4.69, 9.17) is 23.7 Å². The van der Waals surface area contributed by atoms with Crippen LogP contribution in [-0.4, -0.2) is 187 Å². The van der Waals surface area contributed by atoms with Gasteiger partial charge in [0.15, 0.2) is 6.29 Å². The third-order valence-corrected chi connectivity index (χ3v) is 14.5. The van der Waals surface area contributed by atoms with Crippen molar-refractivity contribution in [2.75, 3.05) is 26.9 Å². The van der Waals surface area contributed by atoms with E-state index in [0.717, 1.165) is 58.3 Å². The second-order valence-corrected chi connectivity index (χ2v) is 21.1. The Morgan fingerprint density at radius 1 is 0.635 bits per heavy atom. The Kier molecular flexibility index (Phi) is 36.0. The number of carbonyl (C=O) groups is 3. The van der Waals surface area contributed by atoms with Gasteiger partial charge in [-0.05, 0) is 12.8 Å². The lowest BCUT2D eigenvalue weighted by atomic mass is 9.88. The van der Waals surface area contributed by atoms with Crippen molar-refractivity contribution in [2.24, 2.45) is 0 Å². The molecule has 74 heavy (non-hydrogen) atoms. The average Bonchev–Trinajstić information content (AvgIpc) is 3.37. The first-order valence-corrected chi connectivity index (χ1v) is 28.5. The molecular formula is C54H102N2O18. The SMILES string of the molecule is CCCCCCCCCCCCCCCC[C@@H](O)C(=O)N[C@@H](CO[C@@H]1O[C@H](CO[C@]2(C(=O)O)C[C@H](O)[C@@H](NC(C)=O)[C@H]([C@H](O)[C@H](O)COC)O2)[C@@H](O)[C@H](O)[C@H]1O)[C@H](O)[C@H](O)CCCCCCCCCCCCCC. The lowest BCUT2D eigenvalue weighted by Crippen LogP contribution is -2.68. The molecule has 2 fully saturated rings. The zero-order chi connectivity index (χ0) is 54.9. The largest absolute Gasteiger partial charge is 0.477 e. The Morgan fingerprint density at radius 3 is 1.57 bits per heavy atom. The van der Waals surface area contributed by atoms with E-state index in [2.05, 4.69) is 24.5 Å². The number of rotatable bonds is 44. The molecule has 2 aliphatic rings. The van der Waals surface area contributed by atoms with Gasteiger partial charge in [0, 0.05) is 20.5 Å². The Morgan fingerprint density at radius 2 is 1.11 bits per heavy atom. The molecule has 436 valence electrons. The van der Waals surface area contributed by atoms with Crippen LogP contribution in [0.5, 0.6) is 0 Å². The van der Waals surface area contributed by atoms with E-state index in [1.54, 1.807) is 0 Å². The van der Waals surface area contributed by atoms with Gasteiger partial charge in [-0.2, -0.15) is 0 Å². The van der Waals surface area contributed by atoms with Crippen LogP contribution in [-0.2, 0) is 38.1 Å². The van der Waals surface area contributed by atoms with Crippen LogP contribution in [0.4, 0.5) is 0 Å². The Hall–Kier alpha value is -2.15. The molecule has 0 aliphatic carbocycles. The zero-order valence-electron chi connectivity index (χ0n) is 45.4. The van der Waals surface area contributed by atoms with E-state index in [1.807, 2.05) is 0 Å². The van der Waals surface area contributed by atoms with Gasteiger partial charge in [0.1, 0.15) is 54.9 Å². The number of aliphatic carboxylic acids is 1. The molecule has 0 radical (unpaired) electrons. The lowest BCUT2D eigenvalue weighted by Gasteiger charge is -2.47. The van der Waals surface area contributed by atoms with E-state index in [1.165, 1.54) is 110 Å². The lowest BCUT2D eigenvalue weighted by molar-refractivity contribution is -0.339. The maximum absolute atomic E-state index is 13.4. The van der Waals surface area contributed by atoms with Crippen LogP contribution in [0.25, 0.3) is 0 Å². The number of carboxylic acid groups (broad SMARTS) is 1. The van der Waals surface area contributed by atoms with E-state index in [0.29, 0.717) is 12.8 Å². The van der Waals surface area contributed by atoms with Gasteiger partial charge in [-0.15, -0.1) is 0 Å². The van der Waals surface area contributed by atoms with E-state index < -0.39 is 135 Å². The predicted octanol–water partition coefficient (Wildman–Crippen LogP) is 4.16. The highest BCUT2D eigenvalue weighted by Gasteiger charge is 2.57. The number of aliphatic hydroxyl groups is 9. The van der Waals surface area contributed by atoms with Crippen molar-refractivity contribution in [1.82, 2.24) is 10.6 Å². The highest BCUT2D eigenvalue weighted by atomic mass is 16.7. The quantitative estimate of drug-likeness (QED) is 0.0381. The highest BCUT2D eigenvalue weighted by Crippen LogP contribution is 2.35. The predicted molar refractivity (Wildman–Crippen MR) is 277 cm³/mol. The fourth-order valence-electron chi connectivity index (χ4n) is 9.85. The van der Waals surface area contributed by atoms with Gasteiger partial charge in [0.25, 0.3) is 5.79 Å². The van der Waals surface area contributed by atoms with Gasteiger partial charge in [0.05, 0.1) is 44.1 Å². The minimum atomic E-state index is -2.79. The third-order valence-electron chi connectivity index (χ3n) is 14.5. The molecule has 0 unspecified atom stereocenters. The highest BCUT2D eigenvalue weighted by molar-refractivity contribution is 5.80. The fourth-order valence-corrected chi connectivity index (χ4v) is 9.85. The second-order valence-electron chi connectivity index (χ2n) is 21.1. The molecule has 20 nitrogen and oxygen atoms in total. The van der Waals surface area contributed by atoms with Gasteiger partial charge in [-0.1, -0.05) is 181 Å². The number of methoxy groups -OCH3 is 1. The van der Waals surface area contributed by atoms with Crippen LogP contribution in [0.3, 0.4) is 0 Å². The number of unbranched alkanes of at least 4 members (excludes halogenated alkanes) is 24. The summed E-state index contributed by atoms with van der Waals surface area (Å²) in [7, 11) is 1.23. The smallest absolute Gasteiger partial charge is 0.364 e. The van der Waals surface area contributed by atoms with Crippen molar-refractivity contribution in [1.29, 1.82) is 0 Å². The Labute approximate surface area is 441 Å². The van der Waals surface area contributed by atoms with E-state index >= 15 is 0 Å². The number of hydrogen-bond acceptors (Lipinski definition) is 17. The molecule has 2 heterocycles. The summed E-state index contributed by atoms with van der Waals surface area (Å²) < 4.78 is 27.9. The van der Waals surface area contributed by atoms with Crippen LogP contribution >= 0.6 is 0 Å². The third kappa shape index (κ3) is 25.5. The van der Waals surface area contributed by atoms with Crippen molar-refractivity contribution < 1.29 is 89.1 Å². The molecule has 2 aliphatic heterocycles. The molecule has 0 aromatic heterocycles. The van der Waals surface area contributed by atoms with Gasteiger partial charge in [0.2, 0.25) is 11.8 Å². The molecule has 2 amide bonds. The fraction of sp³-hybridized carbons (Fsp3) is 0.944. The summed E-state index contributed by atoms with van der Waals surface area (Å²) in [5, 5.41) is 114. The topological polar surface area (TPSA) is 324 Å². The van der Waals surface area contributed by atoms with Gasteiger partial charge >= 0.3 is 5.97 Å². The number of hydrogen-bond donors (Lipinski definition) is 12. The molecule has 15 atom stereocenters. The van der Waals surface area contributed by atoms with Crippen molar-refractivity contribution in [3.05, 3.63) is 0 Å². The second kappa shape index (κ2) is 39.2. The van der Waals surface area contributed by atoms with Gasteiger partial charge in [-0.25, -0.2) is 4.79 Å². The minimum Gasteiger partial charge on any atom is -0.477 e. The zero-order valence-corrected chi connectivity index (χ0v) is 45.4. The monoisotopic (exact) mass is 1070 g/mol. The Balaban J connectivity index is 2.10. The summed E-state index contributed by atoms with van der Waals surface area (Å²) in [6.45, 7) is 3.58. The van der Waals surface area contributed by atoms with Crippen LogP contribution in [0.15, 0.2) is 0 Å². The first-order valence-electron chi connectivity index (χ1n) is 28.5. The number of aliphatic hydroxyl groups excluding tert-OH is 9. The average molecular weight is 1070 g/mol. The molecule has 0 aromatic rings. The Bertz CT molecular complexity index is 1470. The maximum Gasteiger partial charge on any atom is 0.364 e. The summed E-state index contributed by atoms with van der Waals surface area (Å²) >= 11 is 0. The summed E-state index contributed by atoms with van der Waals surface area (Å²) in [6.07, 6.45) is 8.03. The van der Waals surface area contributed by atoms with Crippen molar-refractivity contribution in [3.8, 4) is 0 Å². The summed E-state index contributed by atoms with van der Waals surface area (Å²) in [5.41, 5.74) is 0. The van der Waals surface area contributed by atoms with Crippen molar-refractivity contribution in [3.63, 3.8) is 0 Å². The van der Waals surface area contributed by atoms with Gasteiger partial charge < -0.3 is 85.4 Å². The van der Waals surface area contributed by atoms with Crippen LogP contribution in [0, 0.1) is 0 Å². The van der Waals surface area contributed by atoms with E-state index in [9.17, 15) is 65.4 Å². The molecule has 12 N–H and O–H groups in total. The summed E-state index contributed by atoms with van der Waals surface area (Å²) in [4.78, 5) is 38.2. The minimum absolute atomic E-state index is 0.158. The molecule has 0 aromatic carbocycles. The number of nitrogens with one attached hydrogen (secondary N) is 2. The first kappa shape index (κ1) is 68.0.